The second-order valence-corrected chi connectivity index (χ2v) is 5.97. The summed E-state index contributed by atoms with van der Waals surface area (Å²) in [6, 6.07) is 0. The molecule has 0 saturated carbocycles. The number of thioether (sulfide) groups is 1. The first kappa shape index (κ1) is 10.8. The van der Waals surface area contributed by atoms with Crippen molar-refractivity contribution in [3.8, 4) is 0 Å². The van der Waals surface area contributed by atoms with Crippen LogP contribution < -0.4 is 5.32 Å². The topological polar surface area (TPSA) is 21.3 Å². The van der Waals surface area contributed by atoms with E-state index in [0.29, 0.717) is 11.8 Å². The molecule has 0 radical (unpaired) electrons. The van der Waals surface area contributed by atoms with Crippen molar-refractivity contribution in [2.45, 2.75) is 32.4 Å². The fourth-order valence-electron chi connectivity index (χ4n) is 2.24. The summed E-state index contributed by atoms with van der Waals surface area (Å²) in [5.74, 6) is 3.97. The number of nitrogens with one attached hydrogen (secondary N) is 1. The van der Waals surface area contributed by atoms with Crippen LogP contribution in [0.5, 0.6) is 0 Å². The lowest BCUT2D eigenvalue weighted by Crippen LogP contribution is -2.57. The van der Waals surface area contributed by atoms with Crippen LogP contribution in [0.3, 0.4) is 0 Å². The van der Waals surface area contributed by atoms with Gasteiger partial charge in [0.15, 0.2) is 0 Å². The summed E-state index contributed by atoms with van der Waals surface area (Å²) in [7, 11) is 0. The van der Waals surface area contributed by atoms with Gasteiger partial charge in [0.05, 0.1) is 6.61 Å². The molecular formula is C11H21NOS. The second kappa shape index (κ2) is 4.42. The Labute approximate surface area is 91.2 Å². The first-order valence-corrected chi connectivity index (χ1v) is 6.83. The van der Waals surface area contributed by atoms with Crippen LogP contribution in [0.1, 0.15) is 26.7 Å². The standard InChI is InChI=1S/C11H21NOS/c1-9-6-12-11(2,13-7-9)10-4-3-5-14-8-10/h9-10,12H,3-8H2,1-2H3. The van der Waals surface area contributed by atoms with Gasteiger partial charge in [-0.15, -0.1) is 0 Å². The molecular weight excluding hydrogens is 194 g/mol. The zero-order valence-electron chi connectivity index (χ0n) is 9.21. The van der Waals surface area contributed by atoms with Gasteiger partial charge in [0.25, 0.3) is 0 Å². The quantitative estimate of drug-likeness (QED) is 0.724. The van der Waals surface area contributed by atoms with E-state index in [1.807, 2.05) is 0 Å². The molecule has 2 heterocycles. The van der Waals surface area contributed by atoms with Gasteiger partial charge < -0.3 is 4.74 Å². The van der Waals surface area contributed by atoms with E-state index in [4.69, 9.17) is 4.74 Å². The molecule has 0 bridgehead atoms. The van der Waals surface area contributed by atoms with Gasteiger partial charge in [0.1, 0.15) is 5.72 Å². The van der Waals surface area contributed by atoms with Crippen molar-refractivity contribution < 1.29 is 4.74 Å². The van der Waals surface area contributed by atoms with E-state index in [2.05, 4.69) is 30.9 Å². The summed E-state index contributed by atoms with van der Waals surface area (Å²) >= 11 is 2.08. The van der Waals surface area contributed by atoms with Crippen molar-refractivity contribution in [1.82, 2.24) is 5.32 Å². The van der Waals surface area contributed by atoms with Crippen molar-refractivity contribution in [2.24, 2.45) is 11.8 Å². The van der Waals surface area contributed by atoms with Crippen molar-refractivity contribution in [2.75, 3.05) is 24.7 Å². The highest BCUT2D eigenvalue weighted by molar-refractivity contribution is 7.99. The SMILES string of the molecule is CC1CNC(C)(C2CCCSC2)OC1. The van der Waals surface area contributed by atoms with Crippen LogP contribution in [0.25, 0.3) is 0 Å². The molecule has 2 nitrogen and oxygen atoms in total. The Morgan fingerprint density at radius 2 is 2.36 bits per heavy atom. The lowest BCUT2D eigenvalue weighted by atomic mass is 9.91. The zero-order valence-corrected chi connectivity index (χ0v) is 10.0. The largest absolute Gasteiger partial charge is 0.360 e. The molecule has 0 spiro atoms. The minimum atomic E-state index is -0.0417. The molecule has 2 rings (SSSR count). The van der Waals surface area contributed by atoms with Crippen LogP contribution in [0.15, 0.2) is 0 Å². The molecule has 2 saturated heterocycles. The third-order valence-corrected chi connectivity index (χ3v) is 4.62. The molecule has 0 aromatic rings. The second-order valence-electron chi connectivity index (χ2n) is 4.82. The third kappa shape index (κ3) is 2.26. The Bertz CT molecular complexity index is 184. The first-order valence-electron chi connectivity index (χ1n) is 5.67. The van der Waals surface area contributed by atoms with E-state index < -0.39 is 0 Å². The van der Waals surface area contributed by atoms with Crippen LogP contribution in [-0.2, 0) is 4.74 Å². The summed E-state index contributed by atoms with van der Waals surface area (Å²) in [6.45, 7) is 6.50. The normalized spacial score (nSPS) is 45.0. The van der Waals surface area contributed by atoms with E-state index in [-0.39, 0.29) is 5.72 Å². The number of hydrogen-bond donors (Lipinski definition) is 1. The number of hydrogen-bond acceptors (Lipinski definition) is 3. The Balaban J connectivity index is 1.93. The van der Waals surface area contributed by atoms with Gasteiger partial charge in [-0.2, -0.15) is 11.8 Å². The highest BCUT2D eigenvalue weighted by Gasteiger charge is 2.38. The van der Waals surface area contributed by atoms with Gasteiger partial charge >= 0.3 is 0 Å². The van der Waals surface area contributed by atoms with Gasteiger partial charge in [-0.3, -0.25) is 5.32 Å². The number of ether oxygens (including phenoxy) is 1. The molecule has 0 aromatic heterocycles. The molecule has 2 fully saturated rings. The first-order chi connectivity index (χ1) is 6.71. The lowest BCUT2D eigenvalue weighted by Gasteiger charge is -2.44. The van der Waals surface area contributed by atoms with Crippen molar-refractivity contribution in [1.29, 1.82) is 0 Å². The minimum Gasteiger partial charge on any atom is -0.360 e. The summed E-state index contributed by atoms with van der Waals surface area (Å²) in [4.78, 5) is 0. The molecule has 2 aliphatic heterocycles. The Kier molecular flexibility index (Phi) is 3.40. The summed E-state index contributed by atoms with van der Waals surface area (Å²) in [5, 5.41) is 3.58. The smallest absolute Gasteiger partial charge is 0.120 e. The van der Waals surface area contributed by atoms with Crippen molar-refractivity contribution in [3.63, 3.8) is 0 Å². The minimum absolute atomic E-state index is 0.0417. The van der Waals surface area contributed by atoms with Crippen LogP contribution in [0.4, 0.5) is 0 Å². The molecule has 0 aromatic carbocycles. The van der Waals surface area contributed by atoms with Crippen molar-refractivity contribution in [3.05, 3.63) is 0 Å². The van der Waals surface area contributed by atoms with Crippen molar-refractivity contribution >= 4 is 11.8 Å². The van der Waals surface area contributed by atoms with E-state index in [9.17, 15) is 0 Å². The predicted octanol–water partition coefficient (Wildman–Crippen LogP) is 2.10. The van der Waals surface area contributed by atoms with Gasteiger partial charge in [0, 0.05) is 18.2 Å². The Morgan fingerprint density at radius 3 is 2.93 bits per heavy atom. The maximum absolute atomic E-state index is 5.99. The van der Waals surface area contributed by atoms with Crippen LogP contribution in [0.2, 0.25) is 0 Å². The molecule has 3 heteroatoms. The summed E-state index contributed by atoms with van der Waals surface area (Å²) in [5.41, 5.74) is -0.0417. The van der Waals surface area contributed by atoms with E-state index in [1.54, 1.807) is 0 Å². The van der Waals surface area contributed by atoms with Gasteiger partial charge in [-0.1, -0.05) is 6.92 Å². The maximum atomic E-state index is 5.99. The highest BCUT2D eigenvalue weighted by Crippen LogP contribution is 2.33. The molecule has 3 atom stereocenters. The van der Waals surface area contributed by atoms with E-state index in [1.165, 1.54) is 24.3 Å². The van der Waals surface area contributed by atoms with Crippen LogP contribution in [0, 0.1) is 11.8 Å². The Hall–Kier alpha value is 0.270. The fraction of sp³-hybridized carbons (Fsp3) is 1.00. The molecule has 0 amide bonds. The average Bonchev–Trinajstić information content (AvgIpc) is 2.24. The molecule has 3 unspecified atom stereocenters. The molecule has 1 N–H and O–H groups in total. The van der Waals surface area contributed by atoms with Gasteiger partial charge in [0.2, 0.25) is 0 Å². The van der Waals surface area contributed by atoms with E-state index >= 15 is 0 Å². The fourth-order valence-corrected chi connectivity index (χ4v) is 3.55. The van der Waals surface area contributed by atoms with Crippen LogP contribution in [-0.4, -0.2) is 30.4 Å². The van der Waals surface area contributed by atoms with Crippen LogP contribution >= 0.6 is 11.8 Å². The third-order valence-electron chi connectivity index (χ3n) is 3.41. The summed E-state index contributed by atoms with van der Waals surface area (Å²) in [6.07, 6.45) is 2.68. The van der Waals surface area contributed by atoms with E-state index in [0.717, 1.165) is 13.2 Å². The maximum Gasteiger partial charge on any atom is 0.120 e. The number of rotatable bonds is 1. The average molecular weight is 215 g/mol. The highest BCUT2D eigenvalue weighted by atomic mass is 32.2. The lowest BCUT2D eigenvalue weighted by molar-refractivity contribution is -0.132. The Morgan fingerprint density at radius 1 is 1.50 bits per heavy atom. The molecule has 82 valence electrons. The summed E-state index contributed by atoms with van der Waals surface area (Å²) < 4.78 is 5.99. The zero-order chi connectivity index (χ0) is 10.0. The monoisotopic (exact) mass is 215 g/mol. The molecule has 14 heavy (non-hydrogen) atoms. The molecule has 2 aliphatic rings. The van der Waals surface area contributed by atoms with Gasteiger partial charge in [-0.05, 0) is 31.4 Å². The van der Waals surface area contributed by atoms with Gasteiger partial charge in [-0.25, -0.2) is 0 Å². The molecule has 0 aliphatic carbocycles. The predicted molar refractivity (Wildman–Crippen MR) is 61.6 cm³/mol.